The van der Waals surface area contributed by atoms with E-state index in [2.05, 4.69) is 10.3 Å². The van der Waals surface area contributed by atoms with Crippen LogP contribution in [0.25, 0.3) is 10.9 Å². The monoisotopic (exact) mass is 423 g/mol. The molecule has 0 fully saturated rings. The number of rotatable bonds is 8. The maximum atomic E-state index is 13.2. The lowest BCUT2D eigenvalue weighted by Gasteiger charge is -2.26. The smallest absolute Gasteiger partial charge is 0.326 e. The predicted molar refractivity (Wildman–Crippen MR) is 116 cm³/mol. The molecule has 0 bridgehead atoms. The Kier molecular flexibility index (Phi) is 6.69. The molecule has 8 heteroatoms. The largest absolute Gasteiger partial charge is 0.508 e. The highest BCUT2D eigenvalue weighted by molar-refractivity contribution is 5.86. The van der Waals surface area contributed by atoms with Crippen LogP contribution in [0.1, 0.15) is 31.9 Å². The molecule has 3 aromatic rings. The van der Waals surface area contributed by atoms with E-state index in [0.29, 0.717) is 22.9 Å². The quantitative estimate of drug-likeness (QED) is 0.512. The predicted octanol–water partition coefficient (Wildman–Crippen LogP) is 2.50. The maximum Gasteiger partial charge on any atom is 0.326 e. The maximum absolute atomic E-state index is 13.2. The molecule has 3 unspecified atom stereocenters. The first-order chi connectivity index (χ1) is 14.8. The second kappa shape index (κ2) is 9.42. The van der Waals surface area contributed by atoms with E-state index >= 15 is 0 Å². The Hall–Kier alpha value is -3.68. The summed E-state index contributed by atoms with van der Waals surface area (Å²) in [4.78, 5) is 42.3. The minimum atomic E-state index is -1.19. The van der Waals surface area contributed by atoms with Crippen molar-refractivity contribution in [2.24, 2.45) is 5.92 Å². The zero-order valence-electron chi connectivity index (χ0n) is 17.4. The third kappa shape index (κ3) is 4.91. The molecule has 1 aromatic heterocycles. The van der Waals surface area contributed by atoms with Crippen LogP contribution >= 0.6 is 0 Å². The fourth-order valence-corrected chi connectivity index (χ4v) is 3.49. The van der Waals surface area contributed by atoms with Crippen molar-refractivity contribution in [2.45, 2.75) is 38.8 Å². The Morgan fingerprint density at radius 1 is 1.13 bits per heavy atom. The lowest BCUT2D eigenvalue weighted by molar-refractivity contribution is -0.142. The van der Waals surface area contributed by atoms with Crippen molar-refractivity contribution in [3.63, 3.8) is 0 Å². The van der Waals surface area contributed by atoms with Crippen LogP contribution in [0.5, 0.6) is 5.75 Å². The molecule has 0 aliphatic rings. The molecule has 3 atom stereocenters. The van der Waals surface area contributed by atoms with E-state index in [1.807, 2.05) is 13.8 Å². The van der Waals surface area contributed by atoms with Gasteiger partial charge in [-0.05, 0) is 35.7 Å². The molecule has 3 rings (SSSR count). The van der Waals surface area contributed by atoms with Gasteiger partial charge in [-0.3, -0.25) is 14.2 Å². The Balaban J connectivity index is 1.92. The summed E-state index contributed by atoms with van der Waals surface area (Å²) < 4.78 is 1.28. The van der Waals surface area contributed by atoms with Gasteiger partial charge in [-0.25, -0.2) is 9.78 Å². The summed E-state index contributed by atoms with van der Waals surface area (Å²) in [7, 11) is 0. The Morgan fingerprint density at radius 2 is 1.81 bits per heavy atom. The van der Waals surface area contributed by atoms with Crippen LogP contribution < -0.4 is 10.9 Å². The highest BCUT2D eigenvalue weighted by Crippen LogP contribution is 2.21. The van der Waals surface area contributed by atoms with E-state index in [4.69, 9.17) is 0 Å². The molecule has 162 valence electrons. The standard InChI is InChI=1S/C23H25N3O5/c1-3-14(2)20(26-13-24-18-7-5-4-6-17(18)22(26)29)21(28)25-19(23(30)31)12-15-8-10-16(27)11-9-15/h4-11,13-14,19-20,27H,3,12H2,1-2H3,(H,25,28)(H,30,31). The van der Waals surface area contributed by atoms with E-state index in [1.165, 1.54) is 23.0 Å². The second-order valence-electron chi connectivity index (χ2n) is 7.57. The van der Waals surface area contributed by atoms with E-state index in [0.717, 1.165) is 0 Å². The number of benzene rings is 2. The average molecular weight is 423 g/mol. The van der Waals surface area contributed by atoms with Gasteiger partial charge in [0.05, 0.1) is 17.2 Å². The van der Waals surface area contributed by atoms with Crippen molar-refractivity contribution in [1.82, 2.24) is 14.9 Å². The first kappa shape index (κ1) is 22.0. The molecule has 0 spiro atoms. The number of amides is 1. The van der Waals surface area contributed by atoms with Gasteiger partial charge in [0, 0.05) is 6.42 Å². The van der Waals surface area contributed by atoms with Crippen LogP contribution in [0.4, 0.5) is 0 Å². The summed E-state index contributed by atoms with van der Waals surface area (Å²) in [5, 5.41) is 22.0. The third-order valence-corrected chi connectivity index (χ3v) is 5.43. The van der Waals surface area contributed by atoms with Crippen LogP contribution in [0.2, 0.25) is 0 Å². The first-order valence-electron chi connectivity index (χ1n) is 10.1. The zero-order chi connectivity index (χ0) is 22.5. The molecule has 0 aliphatic carbocycles. The number of phenolic OH excluding ortho intramolecular Hbond substituents is 1. The van der Waals surface area contributed by atoms with Crippen LogP contribution in [-0.2, 0) is 16.0 Å². The molecular formula is C23H25N3O5. The van der Waals surface area contributed by atoms with Gasteiger partial charge in [0.1, 0.15) is 17.8 Å². The molecule has 1 amide bonds. The summed E-state index contributed by atoms with van der Waals surface area (Å²) in [5.74, 6) is -1.91. The Morgan fingerprint density at radius 3 is 2.45 bits per heavy atom. The number of para-hydroxylation sites is 1. The SMILES string of the molecule is CCC(C)C(C(=O)NC(Cc1ccc(O)cc1)C(=O)O)n1cnc2ccccc2c1=O. The molecule has 2 aromatic carbocycles. The summed E-state index contributed by atoms with van der Waals surface area (Å²) in [5.41, 5.74) is 0.828. The average Bonchev–Trinajstić information content (AvgIpc) is 2.76. The molecular weight excluding hydrogens is 398 g/mol. The second-order valence-corrected chi connectivity index (χ2v) is 7.57. The number of carbonyl (C=O) groups excluding carboxylic acids is 1. The van der Waals surface area contributed by atoms with Gasteiger partial charge in [0.15, 0.2) is 0 Å². The van der Waals surface area contributed by atoms with Gasteiger partial charge in [-0.15, -0.1) is 0 Å². The van der Waals surface area contributed by atoms with Crippen LogP contribution in [-0.4, -0.2) is 37.7 Å². The van der Waals surface area contributed by atoms with E-state index in [1.54, 1.807) is 36.4 Å². The minimum Gasteiger partial charge on any atom is -0.508 e. The van der Waals surface area contributed by atoms with Gasteiger partial charge in [-0.2, -0.15) is 0 Å². The lowest BCUT2D eigenvalue weighted by Crippen LogP contribution is -2.48. The van der Waals surface area contributed by atoms with Crippen molar-refractivity contribution in [3.8, 4) is 5.75 Å². The van der Waals surface area contributed by atoms with Crippen molar-refractivity contribution in [3.05, 3.63) is 70.8 Å². The zero-order valence-corrected chi connectivity index (χ0v) is 17.4. The third-order valence-electron chi connectivity index (χ3n) is 5.43. The number of phenols is 1. The number of aromatic nitrogens is 2. The van der Waals surface area contributed by atoms with Gasteiger partial charge in [0.2, 0.25) is 5.91 Å². The van der Waals surface area contributed by atoms with Crippen molar-refractivity contribution in [1.29, 1.82) is 0 Å². The first-order valence-corrected chi connectivity index (χ1v) is 10.1. The molecule has 0 radical (unpaired) electrons. The number of carboxylic acids is 1. The number of hydrogen-bond donors (Lipinski definition) is 3. The number of hydrogen-bond acceptors (Lipinski definition) is 5. The number of nitrogens with zero attached hydrogens (tertiary/aromatic N) is 2. The summed E-state index contributed by atoms with van der Waals surface area (Å²) in [6.45, 7) is 3.73. The van der Waals surface area contributed by atoms with Crippen LogP contribution in [0.15, 0.2) is 59.7 Å². The number of nitrogens with one attached hydrogen (secondary N) is 1. The number of carboxylic acid groups (broad SMARTS) is 1. The fraction of sp³-hybridized carbons (Fsp3) is 0.304. The molecule has 0 saturated carbocycles. The molecule has 0 aliphatic heterocycles. The number of carbonyl (C=O) groups is 2. The Bertz CT molecular complexity index is 1140. The minimum absolute atomic E-state index is 0.0411. The summed E-state index contributed by atoms with van der Waals surface area (Å²) in [6.07, 6.45) is 1.99. The number of fused-ring (bicyclic) bond motifs is 1. The Labute approximate surface area is 179 Å². The molecule has 3 N–H and O–H groups in total. The lowest BCUT2D eigenvalue weighted by atomic mass is 9.97. The van der Waals surface area contributed by atoms with Gasteiger partial charge >= 0.3 is 5.97 Å². The topological polar surface area (TPSA) is 122 Å². The normalized spacial score (nSPS) is 14.0. The highest BCUT2D eigenvalue weighted by atomic mass is 16.4. The number of aliphatic carboxylic acids is 1. The van der Waals surface area contributed by atoms with Gasteiger partial charge < -0.3 is 15.5 Å². The molecule has 31 heavy (non-hydrogen) atoms. The van der Waals surface area contributed by atoms with Gasteiger partial charge in [0.25, 0.3) is 5.56 Å². The highest BCUT2D eigenvalue weighted by Gasteiger charge is 2.31. The van der Waals surface area contributed by atoms with Crippen LogP contribution in [0, 0.1) is 5.92 Å². The molecule has 8 nitrogen and oxygen atoms in total. The van der Waals surface area contributed by atoms with Gasteiger partial charge in [-0.1, -0.05) is 44.5 Å². The number of aromatic hydroxyl groups is 1. The van der Waals surface area contributed by atoms with E-state index in [9.17, 15) is 24.6 Å². The van der Waals surface area contributed by atoms with Crippen LogP contribution in [0.3, 0.4) is 0 Å². The van der Waals surface area contributed by atoms with Crippen molar-refractivity contribution >= 4 is 22.8 Å². The molecule has 0 saturated heterocycles. The fourth-order valence-electron chi connectivity index (χ4n) is 3.49. The van der Waals surface area contributed by atoms with E-state index < -0.39 is 24.0 Å². The summed E-state index contributed by atoms with van der Waals surface area (Å²) >= 11 is 0. The van der Waals surface area contributed by atoms with E-state index in [-0.39, 0.29) is 23.6 Å². The van der Waals surface area contributed by atoms with Crippen molar-refractivity contribution in [2.75, 3.05) is 0 Å². The summed E-state index contributed by atoms with van der Waals surface area (Å²) in [6, 6.07) is 10.9. The molecule has 1 heterocycles. The van der Waals surface area contributed by atoms with Crippen molar-refractivity contribution < 1.29 is 19.8 Å².